The van der Waals surface area contributed by atoms with E-state index in [2.05, 4.69) is 48.1 Å². The maximum absolute atomic E-state index is 11.1. The minimum Gasteiger partial charge on any atom is -0.303 e. The van der Waals surface area contributed by atoms with Crippen LogP contribution in [0, 0.1) is 22.2 Å². The van der Waals surface area contributed by atoms with Crippen molar-refractivity contribution in [2.45, 2.75) is 41.5 Å². The summed E-state index contributed by atoms with van der Waals surface area (Å²) in [6.45, 7) is 17.3. The smallest absolute Gasteiger partial charge is 0.127 e. The van der Waals surface area contributed by atoms with Gasteiger partial charge in [0.1, 0.15) is 6.29 Å². The van der Waals surface area contributed by atoms with E-state index in [0.717, 1.165) is 11.9 Å². The summed E-state index contributed by atoms with van der Waals surface area (Å²) >= 11 is 0. The van der Waals surface area contributed by atoms with E-state index < -0.39 is 0 Å². The number of hydrogen-bond acceptors (Lipinski definition) is 1. The molecule has 1 aliphatic rings. The summed E-state index contributed by atoms with van der Waals surface area (Å²) < 4.78 is 0. The second-order valence-electron chi connectivity index (χ2n) is 6.11. The SMILES string of the molecule is C=C1C(C=O)C(C)(C)C(C)(C)C1(C)C. The van der Waals surface area contributed by atoms with Crippen LogP contribution in [0.15, 0.2) is 12.2 Å². The zero-order valence-corrected chi connectivity index (χ0v) is 10.3. The molecule has 1 rings (SSSR count). The standard InChI is InChI=1S/C13H22O/c1-9-10(8-14)12(4,5)13(6,7)11(9,2)3/h8,10H,1H2,2-7H3. The molecule has 1 heteroatoms. The van der Waals surface area contributed by atoms with Crippen molar-refractivity contribution >= 4 is 6.29 Å². The van der Waals surface area contributed by atoms with E-state index in [1.54, 1.807) is 0 Å². The number of carbonyl (C=O) groups excluding carboxylic acids is 1. The Morgan fingerprint density at radius 2 is 1.57 bits per heavy atom. The number of hydrogen-bond donors (Lipinski definition) is 0. The number of allylic oxidation sites excluding steroid dienone is 1. The number of carbonyl (C=O) groups is 1. The van der Waals surface area contributed by atoms with E-state index in [4.69, 9.17) is 0 Å². The highest BCUT2D eigenvalue weighted by molar-refractivity contribution is 5.63. The summed E-state index contributed by atoms with van der Waals surface area (Å²) in [5.74, 6) is -0.00694. The van der Waals surface area contributed by atoms with Crippen molar-refractivity contribution in [1.82, 2.24) is 0 Å². The average Bonchev–Trinajstić information content (AvgIpc) is 2.10. The van der Waals surface area contributed by atoms with E-state index in [9.17, 15) is 4.79 Å². The highest BCUT2D eigenvalue weighted by atomic mass is 16.1. The highest BCUT2D eigenvalue weighted by Crippen LogP contribution is 2.66. The lowest BCUT2D eigenvalue weighted by Crippen LogP contribution is -2.38. The van der Waals surface area contributed by atoms with E-state index in [1.807, 2.05) is 0 Å². The van der Waals surface area contributed by atoms with Crippen molar-refractivity contribution < 1.29 is 4.79 Å². The lowest BCUT2D eigenvalue weighted by atomic mass is 9.60. The fourth-order valence-corrected chi connectivity index (χ4v) is 2.67. The molecule has 0 aromatic rings. The minimum absolute atomic E-state index is 0.00463. The third-order valence-electron chi connectivity index (χ3n) is 5.27. The van der Waals surface area contributed by atoms with Crippen LogP contribution in [0.5, 0.6) is 0 Å². The largest absolute Gasteiger partial charge is 0.303 e. The van der Waals surface area contributed by atoms with Crippen LogP contribution in [0.1, 0.15) is 41.5 Å². The second-order valence-corrected chi connectivity index (χ2v) is 6.11. The Morgan fingerprint density at radius 3 is 1.71 bits per heavy atom. The zero-order chi connectivity index (χ0) is 11.4. The molecule has 0 amide bonds. The van der Waals surface area contributed by atoms with Gasteiger partial charge in [-0.1, -0.05) is 53.7 Å². The van der Waals surface area contributed by atoms with Gasteiger partial charge in [-0.05, 0) is 16.2 Å². The van der Waals surface area contributed by atoms with Gasteiger partial charge in [0.25, 0.3) is 0 Å². The summed E-state index contributed by atoms with van der Waals surface area (Å²) in [6.07, 6.45) is 1.07. The molecule has 1 unspecified atom stereocenters. The van der Waals surface area contributed by atoms with Gasteiger partial charge >= 0.3 is 0 Å². The molecule has 0 aliphatic heterocycles. The Morgan fingerprint density at radius 1 is 1.14 bits per heavy atom. The predicted octanol–water partition coefficient (Wildman–Crippen LogP) is 3.45. The van der Waals surface area contributed by atoms with Crippen molar-refractivity contribution in [3.63, 3.8) is 0 Å². The number of rotatable bonds is 1. The Balaban J connectivity index is 3.37. The Labute approximate surface area is 87.6 Å². The van der Waals surface area contributed by atoms with Gasteiger partial charge in [0, 0.05) is 5.92 Å². The molecule has 80 valence electrons. The van der Waals surface area contributed by atoms with Crippen LogP contribution in [0.25, 0.3) is 0 Å². The normalized spacial score (nSPS) is 33.0. The fraction of sp³-hybridized carbons (Fsp3) is 0.769. The molecular formula is C13H22O. The monoisotopic (exact) mass is 194 g/mol. The van der Waals surface area contributed by atoms with Crippen LogP contribution in [-0.2, 0) is 4.79 Å². The molecule has 1 saturated carbocycles. The van der Waals surface area contributed by atoms with Gasteiger partial charge < -0.3 is 4.79 Å². The average molecular weight is 194 g/mol. The van der Waals surface area contributed by atoms with Gasteiger partial charge in [-0.2, -0.15) is 0 Å². The van der Waals surface area contributed by atoms with Crippen LogP contribution < -0.4 is 0 Å². The van der Waals surface area contributed by atoms with Crippen molar-refractivity contribution in [3.05, 3.63) is 12.2 Å². The summed E-state index contributed by atoms with van der Waals surface area (Å²) in [6, 6.07) is 0. The molecule has 0 bridgehead atoms. The first kappa shape index (κ1) is 11.5. The molecule has 1 fully saturated rings. The fourth-order valence-electron chi connectivity index (χ4n) is 2.67. The van der Waals surface area contributed by atoms with Gasteiger partial charge in [0.2, 0.25) is 0 Å². The van der Waals surface area contributed by atoms with Crippen LogP contribution in [0.3, 0.4) is 0 Å². The van der Waals surface area contributed by atoms with Gasteiger partial charge in [0.15, 0.2) is 0 Å². The first-order valence-electron chi connectivity index (χ1n) is 5.25. The molecule has 1 nitrogen and oxygen atoms in total. The first-order chi connectivity index (χ1) is 6.10. The Kier molecular flexibility index (Phi) is 2.22. The van der Waals surface area contributed by atoms with Crippen LogP contribution in [0.4, 0.5) is 0 Å². The molecule has 0 N–H and O–H groups in total. The zero-order valence-electron chi connectivity index (χ0n) is 10.3. The Hall–Kier alpha value is -0.590. The van der Waals surface area contributed by atoms with Gasteiger partial charge in [-0.15, -0.1) is 0 Å². The summed E-state index contributed by atoms with van der Waals surface area (Å²) in [5.41, 5.74) is 1.21. The van der Waals surface area contributed by atoms with Crippen molar-refractivity contribution in [3.8, 4) is 0 Å². The molecule has 0 saturated heterocycles. The van der Waals surface area contributed by atoms with Crippen molar-refractivity contribution in [1.29, 1.82) is 0 Å². The van der Waals surface area contributed by atoms with Crippen LogP contribution >= 0.6 is 0 Å². The molecule has 0 aromatic heterocycles. The van der Waals surface area contributed by atoms with E-state index >= 15 is 0 Å². The molecule has 0 aromatic carbocycles. The number of aldehydes is 1. The third-order valence-corrected chi connectivity index (χ3v) is 5.27. The molecule has 0 heterocycles. The minimum atomic E-state index is -0.00694. The molecule has 14 heavy (non-hydrogen) atoms. The van der Waals surface area contributed by atoms with E-state index in [0.29, 0.717) is 0 Å². The molecular weight excluding hydrogens is 172 g/mol. The predicted molar refractivity (Wildman–Crippen MR) is 60.0 cm³/mol. The lowest BCUT2D eigenvalue weighted by Gasteiger charge is -2.44. The van der Waals surface area contributed by atoms with Crippen LogP contribution in [-0.4, -0.2) is 6.29 Å². The summed E-state index contributed by atoms with van der Waals surface area (Å²) in [4.78, 5) is 11.1. The van der Waals surface area contributed by atoms with Gasteiger partial charge in [-0.25, -0.2) is 0 Å². The maximum atomic E-state index is 11.1. The molecule has 0 spiro atoms. The van der Waals surface area contributed by atoms with E-state index in [1.165, 1.54) is 0 Å². The molecule has 0 radical (unpaired) electrons. The molecule has 1 atom stereocenters. The van der Waals surface area contributed by atoms with Crippen LogP contribution in [0.2, 0.25) is 0 Å². The Bertz CT molecular complexity index is 282. The van der Waals surface area contributed by atoms with Gasteiger partial charge in [0.05, 0.1) is 0 Å². The van der Waals surface area contributed by atoms with E-state index in [-0.39, 0.29) is 22.2 Å². The van der Waals surface area contributed by atoms with Crippen molar-refractivity contribution in [2.75, 3.05) is 0 Å². The molecule has 1 aliphatic carbocycles. The highest BCUT2D eigenvalue weighted by Gasteiger charge is 2.60. The second kappa shape index (κ2) is 2.71. The van der Waals surface area contributed by atoms with Gasteiger partial charge in [-0.3, -0.25) is 0 Å². The van der Waals surface area contributed by atoms with Crippen molar-refractivity contribution in [2.24, 2.45) is 22.2 Å². The maximum Gasteiger partial charge on any atom is 0.127 e. The third kappa shape index (κ3) is 0.986. The topological polar surface area (TPSA) is 17.1 Å². The first-order valence-corrected chi connectivity index (χ1v) is 5.25. The summed E-state index contributed by atoms with van der Waals surface area (Å²) in [5, 5.41) is 0. The summed E-state index contributed by atoms with van der Waals surface area (Å²) in [7, 11) is 0. The lowest BCUT2D eigenvalue weighted by molar-refractivity contribution is -0.113. The quantitative estimate of drug-likeness (QED) is 0.461.